The van der Waals surface area contributed by atoms with Crippen molar-refractivity contribution < 1.29 is 14.3 Å². The Kier molecular flexibility index (Phi) is 8.16. The van der Waals surface area contributed by atoms with E-state index in [0.717, 1.165) is 42.7 Å². The molecule has 0 radical (unpaired) electrons. The van der Waals surface area contributed by atoms with Gasteiger partial charge in [0.25, 0.3) is 5.91 Å². The zero-order chi connectivity index (χ0) is 23.8. The van der Waals surface area contributed by atoms with Crippen molar-refractivity contribution in [2.45, 2.75) is 17.8 Å². The maximum atomic E-state index is 12.9. The maximum Gasteiger partial charge on any atom is 0.254 e. The van der Waals surface area contributed by atoms with Crippen LogP contribution < -0.4 is 10.2 Å². The van der Waals surface area contributed by atoms with Crippen molar-refractivity contribution in [3.63, 3.8) is 0 Å². The van der Waals surface area contributed by atoms with Gasteiger partial charge in [-0.1, -0.05) is 23.9 Å². The van der Waals surface area contributed by atoms with E-state index in [1.807, 2.05) is 43.3 Å². The van der Waals surface area contributed by atoms with E-state index >= 15 is 0 Å². The van der Waals surface area contributed by atoms with Crippen LogP contribution in [-0.4, -0.2) is 71.3 Å². The number of anilines is 2. The lowest BCUT2D eigenvalue weighted by atomic mass is 10.1. The molecule has 0 bridgehead atoms. The van der Waals surface area contributed by atoms with Crippen LogP contribution in [0.5, 0.6) is 0 Å². The van der Waals surface area contributed by atoms with Crippen molar-refractivity contribution >= 4 is 35.0 Å². The molecular weight excluding hydrogens is 452 g/mol. The van der Waals surface area contributed by atoms with E-state index in [9.17, 15) is 9.59 Å². The Bertz CT molecular complexity index is 1070. The molecule has 0 spiro atoms. The van der Waals surface area contributed by atoms with Crippen LogP contribution in [0.1, 0.15) is 22.8 Å². The fourth-order valence-corrected chi connectivity index (χ4v) is 4.35. The molecule has 2 amide bonds. The van der Waals surface area contributed by atoms with Crippen LogP contribution in [0.2, 0.25) is 0 Å². The molecule has 4 rings (SSSR count). The Hall–Kier alpha value is -3.37. The molecule has 0 unspecified atom stereocenters. The highest BCUT2D eigenvalue weighted by Crippen LogP contribution is 2.20. The third-order valence-corrected chi connectivity index (χ3v) is 6.45. The number of carbonyl (C=O) groups is 2. The van der Waals surface area contributed by atoms with Gasteiger partial charge < -0.3 is 19.9 Å². The number of nitrogens with zero attached hydrogens (tertiary/aromatic N) is 4. The van der Waals surface area contributed by atoms with E-state index in [0.29, 0.717) is 23.5 Å². The van der Waals surface area contributed by atoms with Crippen molar-refractivity contribution in [1.29, 1.82) is 0 Å². The quantitative estimate of drug-likeness (QED) is 0.454. The summed E-state index contributed by atoms with van der Waals surface area (Å²) in [5.41, 5.74) is 3.44. The number of benzene rings is 2. The molecule has 178 valence electrons. The standard InChI is InChI=1S/C24H28N6O3S/c1-2-29(23(32)19-5-3-18(4-6-19)16-34-24-25-17-26-28-24)15-22(31)27-20-7-9-21(10-8-20)30-11-13-33-14-12-30/h3-10,17H,2,11-16H2,1H3,(H,27,31)(H,25,26,28). The van der Waals surface area contributed by atoms with E-state index in [-0.39, 0.29) is 18.4 Å². The van der Waals surface area contributed by atoms with Gasteiger partial charge in [-0.25, -0.2) is 4.98 Å². The Morgan fingerprint density at radius 2 is 1.85 bits per heavy atom. The molecule has 1 aliphatic heterocycles. The molecule has 1 fully saturated rings. The van der Waals surface area contributed by atoms with Crippen LogP contribution in [0.25, 0.3) is 0 Å². The Morgan fingerprint density at radius 3 is 2.50 bits per heavy atom. The molecule has 1 aliphatic rings. The first-order chi connectivity index (χ1) is 16.6. The molecule has 34 heavy (non-hydrogen) atoms. The highest BCUT2D eigenvalue weighted by molar-refractivity contribution is 7.98. The third-order valence-electron chi connectivity index (χ3n) is 5.50. The summed E-state index contributed by atoms with van der Waals surface area (Å²) in [5.74, 6) is 0.317. The molecule has 2 N–H and O–H groups in total. The second-order valence-electron chi connectivity index (χ2n) is 7.79. The normalized spacial score (nSPS) is 13.5. The fraction of sp³-hybridized carbons (Fsp3) is 0.333. The van der Waals surface area contributed by atoms with Crippen molar-refractivity contribution in [1.82, 2.24) is 20.1 Å². The first-order valence-electron chi connectivity index (χ1n) is 11.2. The summed E-state index contributed by atoms with van der Waals surface area (Å²) in [6, 6.07) is 15.2. The third kappa shape index (κ3) is 6.36. The molecule has 1 aromatic heterocycles. The molecule has 9 nitrogen and oxygen atoms in total. The molecule has 10 heteroatoms. The van der Waals surface area contributed by atoms with Crippen molar-refractivity contribution in [2.24, 2.45) is 0 Å². The van der Waals surface area contributed by atoms with Gasteiger partial charge in [0.2, 0.25) is 5.91 Å². The molecule has 2 heterocycles. The zero-order valence-electron chi connectivity index (χ0n) is 19.1. The van der Waals surface area contributed by atoms with Gasteiger partial charge in [-0.15, -0.1) is 0 Å². The van der Waals surface area contributed by atoms with Crippen molar-refractivity contribution in [3.8, 4) is 0 Å². The molecule has 0 aliphatic carbocycles. The highest BCUT2D eigenvalue weighted by Gasteiger charge is 2.18. The predicted molar refractivity (Wildman–Crippen MR) is 132 cm³/mol. The Labute approximate surface area is 202 Å². The van der Waals surface area contributed by atoms with Crippen LogP contribution in [-0.2, 0) is 15.3 Å². The lowest BCUT2D eigenvalue weighted by Gasteiger charge is -2.29. The average molecular weight is 481 g/mol. The minimum absolute atomic E-state index is 0.0103. The summed E-state index contributed by atoms with van der Waals surface area (Å²) in [4.78, 5) is 33.4. The Balaban J connectivity index is 1.29. The molecule has 3 aromatic rings. The highest BCUT2D eigenvalue weighted by atomic mass is 32.2. The number of rotatable bonds is 9. The monoisotopic (exact) mass is 480 g/mol. The smallest absolute Gasteiger partial charge is 0.254 e. The minimum atomic E-state index is -0.227. The van der Waals surface area contributed by atoms with Gasteiger partial charge in [0.15, 0.2) is 5.16 Å². The second-order valence-corrected chi connectivity index (χ2v) is 8.75. The summed E-state index contributed by atoms with van der Waals surface area (Å²) >= 11 is 1.54. The molecule has 2 aromatic carbocycles. The van der Waals surface area contributed by atoms with E-state index < -0.39 is 0 Å². The summed E-state index contributed by atoms with van der Waals surface area (Å²) in [6.45, 7) is 5.47. The number of hydrogen-bond donors (Lipinski definition) is 2. The van der Waals surface area contributed by atoms with Crippen molar-refractivity contribution in [2.75, 3.05) is 49.6 Å². The van der Waals surface area contributed by atoms with Crippen LogP contribution >= 0.6 is 11.8 Å². The number of aromatic amines is 1. The fourth-order valence-electron chi connectivity index (χ4n) is 3.62. The van der Waals surface area contributed by atoms with Gasteiger partial charge in [-0.3, -0.25) is 14.7 Å². The molecule has 0 saturated carbocycles. The SMILES string of the molecule is CCN(CC(=O)Nc1ccc(N2CCOCC2)cc1)C(=O)c1ccc(CSc2ncn[nH]2)cc1. The number of morpholine rings is 1. The lowest BCUT2D eigenvalue weighted by molar-refractivity contribution is -0.116. The van der Waals surface area contributed by atoms with Crippen LogP contribution in [0, 0.1) is 0 Å². The van der Waals surface area contributed by atoms with Gasteiger partial charge in [0.05, 0.1) is 13.2 Å². The number of aromatic nitrogens is 3. The van der Waals surface area contributed by atoms with E-state index in [1.165, 1.54) is 23.0 Å². The number of H-pyrrole nitrogens is 1. The largest absolute Gasteiger partial charge is 0.378 e. The van der Waals surface area contributed by atoms with E-state index in [1.54, 1.807) is 12.1 Å². The first-order valence-corrected chi connectivity index (χ1v) is 12.2. The Morgan fingerprint density at radius 1 is 1.12 bits per heavy atom. The van der Waals surface area contributed by atoms with E-state index in [2.05, 4.69) is 25.4 Å². The number of thioether (sulfide) groups is 1. The summed E-state index contributed by atoms with van der Waals surface area (Å²) < 4.78 is 5.39. The molecular formula is C24H28N6O3S. The van der Waals surface area contributed by atoms with Gasteiger partial charge >= 0.3 is 0 Å². The number of likely N-dealkylation sites (N-methyl/N-ethyl adjacent to an activating group) is 1. The van der Waals surface area contributed by atoms with Crippen LogP contribution in [0.4, 0.5) is 11.4 Å². The molecule has 1 saturated heterocycles. The molecule has 0 atom stereocenters. The van der Waals surface area contributed by atoms with Gasteiger partial charge in [-0.2, -0.15) is 5.10 Å². The topological polar surface area (TPSA) is 103 Å². The predicted octanol–water partition coefficient (Wildman–Crippen LogP) is 3.03. The minimum Gasteiger partial charge on any atom is -0.378 e. The van der Waals surface area contributed by atoms with Gasteiger partial charge in [-0.05, 0) is 48.9 Å². The number of carbonyl (C=O) groups excluding carboxylic acids is 2. The van der Waals surface area contributed by atoms with Gasteiger partial charge in [0, 0.05) is 42.3 Å². The summed E-state index contributed by atoms with van der Waals surface area (Å²) in [6.07, 6.45) is 1.47. The summed E-state index contributed by atoms with van der Waals surface area (Å²) in [5, 5.41) is 10.3. The lowest BCUT2D eigenvalue weighted by Crippen LogP contribution is -2.38. The average Bonchev–Trinajstić information content (AvgIpc) is 3.41. The van der Waals surface area contributed by atoms with E-state index in [4.69, 9.17) is 4.74 Å². The zero-order valence-corrected chi connectivity index (χ0v) is 19.9. The first kappa shape index (κ1) is 23.8. The number of hydrogen-bond acceptors (Lipinski definition) is 7. The second kappa shape index (κ2) is 11.7. The number of nitrogens with one attached hydrogen (secondary N) is 2. The van der Waals surface area contributed by atoms with Gasteiger partial charge in [0.1, 0.15) is 12.9 Å². The number of ether oxygens (including phenoxy) is 1. The van der Waals surface area contributed by atoms with Crippen LogP contribution in [0.3, 0.4) is 0 Å². The van der Waals surface area contributed by atoms with Crippen LogP contribution in [0.15, 0.2) is 60.0 Å². The van der Waals surface area contributed by atoms with Crippen molar-refractivity contribution in [3.05, 3.63) is 66.0 Å². The summed E-state index contributed by atoms with van der Waals surface area (Å²) in [7, 11) is 0. The maximum absolute atomic E-state index is 12.9. The number of amides is 2.